The van der Waals surface area contributed by atoms with Crippen molar-refractivity contribution in [2.75, 3.05) is 20.1 Å². The number of sulfonamides is 1. The van der Waals surface area contributed by atoms with Gasteiger partial charge >= 0.3 is 0 Å². The van der Waals surface area contributed by atoms with Gasteiger partial charge in [0, 0.05) is 26.3 Å². The fourth-order valence-electron chi connectivity index (χ4n) is 1.52. The van der Waals surface area contributed by atoms with E-state index in [9.17, 15) is 8.42 Å². The van der Waals surface area contributed by atoms with Crippen LogP contribution < -0.4 is 5.73 Å². The summed E-state index contributed by atoms with van der Waals surface area (Å²) in [6.07, 6.45) is 2.88. The van der Waals surface area contributed by atoms with Gasteiger partial charge in [0.2, 0.25) is 10.0 Å². The summed E-state index contributed by atoms with van der Waals surface area (Å²) in [5.74, 6) is 0.286. The van der Waals surface area contributed by atoms with Crippen LogP contribution in [0.2, 0.25) is 0 Å². The smallest absolute Gasteiger partial charge is 0.245 e. The van der Waals surface area contributed by atoms with Crippen molar-refractivity contribution in [2.24, 2.45) is 11.7 Å². The average Bonchev–Trinajstić information content (AvgIpc) is 2.66. The topological polar surface area (TPSA) is 81.2 Å². The highest BCUT2D eigenvalue weighted by atomic mass is 32.2. The van der Waals surface area contributed by atoms with E-state index >= 15 is 0 Å². The lowest BCUT2D eigenvalue weighted by Gasteiger charge is -2.17. The normalized spacial score (nSPS) is 12.6. The maximum absolute atomic E-state index is 12.1. The first-order valence-corrected chi connectivity index (χ1v) is 7.00. The zero-order valence-corrected chi connectivity index (χ0v) is 11.3. The molecule has 0 spiro atoms. The molecular formula is C10H20N4O2S. The summed E-state index contributed by atoms with van der Waals surface area (Å²) in [5, 5.41) is 3.96. The molecule has 1 rings (SSSR count). The van der Waals surface area contributed by atoms with E-state index in [0.29, 0.717) is 19.6 Å². The Bertz CT molecular complexity index is 453. The second-order valence-corrected chi connectivity index (χ2v) is 6.45. The van der Waals surface area contributed by atoms with Crippen LogP contribution in [0.4, 0.5) is 0 Å². The van der Waals surface area contributed by atoms with Gasteiger partial charge < -0.3 is 5.73 Å². The molecule has 1 heterocycles. The Morgan fingerprint density at radius 3 is 2.71 bits per heavy atom. The minimum absolute atomic E-state index is 0.217. The highest BCUT2D eigenvalue weighted by Crippen LogP contribution is 2.14. The molecule has 0 aliphatic heterocycles. The Hall–Kier alpha value is -0.920. The van der Waals surface area contributed by atoms with Crippen LogP contribution >= 0.6 is 0 Å². The average molecular weight is 260 g/mol. The molecule has 2 N–H and O–H groups in total. The molecule has 0 atom stereocenters. The molecule has 0 amide bonds. The maximum Gasteiger partial charge on any atom is 0.245 e. The Kier molecular flexibility index (Phi) is 4.67. The van der Waals surface area contributed by atoms with Crippen LogP contribution in [0, 0.1) is 5.92 Å². The zero-order valence-electron chi connectivity index (χ0n) is 10.5. The molecular weight excluding hydrogens is 240 g/mol. The lowest BCUT2D eigenvalue weighted by Crippen LogP contribution is -2.30. The minimum atomic E-state index is -3.42. The standard InChI is InChI=1S/C10H20N4O2S/c1-9(2)7-13(3)17(15,16)10-6-12-14(8-10)5-4-11/h6,8-9H,4-5,7,11H2,1-3H3. The van der Waals surface area contributed by atoms with E-state index in [1.807, 2.05) is 13.8 Å². The van der Waals surface area contributed by atoms with E-state index in [1.54, 1.807) is 7.05 Å². The predicted molar refractivity (Wildman–Crippen MR) is 65.9 cm³/mol. The Morgan fingerprint density at radius 1 is 1.53 bits per heavy atom. The van der Waals surface area contributed by atoms with Gasteiger partial charge in [-0.15, -0.1) is 0 Å². The fourth-order valence-corrected chi connectivity index (χ4v) is 2.81. The zero-order chi connectivity index (χ0) is 13.1. The van der Waals surface area contributed by atoms with Crippen molar-refractivity contribution in [3.8, 4) is 0 Å². The Labute approximate surface area is 102 Å². The molecule has 17 heavy (non-hydrogen) atoms. The number of rotatable bonds is 6. The maximum atomic E-state index is 12.1. The van der Waals surface area contributed by atoms with Gasteiger partial charge in [0.15, 0.2) is 0 Å². The molecule has 0 saturated heterocycles. The molecule has 1 aromatic heterocycles. The molecule has 0 radical (unpaired) electrons. The van der Waals surface area contributed by atoms with Crippen molar-refractivity contribution in [1.82, 2.24) is 14.1 Å². The molecule has 0 aliphatic carbocycles. The van der Waals surface area contributed by atoms with Gasteiger partial charge in [-0.05, 0) is 5.92 Å². The summed E-state index contributed by atoms with van der Waals surface area (Å²) in [6, 6.07) is 0. The first-order valence-electron chi connectivity index (χ1n) is 5.56. The quantitative estimate of drug-likeness (QED) is 0.787. The summed E-state index contributed by atoms with van der Waals surface area (Å²) >= 11 is 0. The number of hydrogen-bond acceptors (Lipinski definition) is 4. The molecule has 1 aromatic rings. The van der Waals surface area contributed by atoms with Crippen molar-refractivity contribution in [2.45, 2.75) is 25.3 Å². The highest BCUT2D eigenvalue weighted by Gasteiger charge is 2.22. The van der Waals surface area contributed by atoms with Gasteiger partial charge in [-0.3, -0.25) is 4.68 Å². The third kappa shape index (κ3) is 3.52. The highest BCUT2D eigenvalue weighted by molar-refractivity contribution is 7.89. The second-order valence-electron chi connectivity index (χ2n) is 4.41. The molecule has 0 saturated carbocycles. The first kappa shape index (κ1) is 14.1. The number of aromatic nitrogens is 2. The summed E-state index contributed by atoms with van der Waals surface area (Å²) < 4.78 is 27.1. The van der Waals surface area contributed by atoms with Crippen LogP contribution in [0.15, 0.2) is 17.3 Å². The summed E-state index contributed by atoms with van der Waals surface area (Å²) in [6.45, 7) is 5.39. The van der Waals surface area contributed by atoms with Crippen molar-refractivity contribution in [3.05, 3.63) is 12.4 Å². The molecule has 0 aliphatic rings. The summed E-state index contributed by atoms with van der Waals surface area (Å²) in [7, 11) is -1.84. The van der Waals surface area contributed by atoms with Crippen molar-refractivity contribution in [1.29, 1.82) is 0 Å². The molecule has 0 fully saturated rings. The number of nitrogens with two attached hydrogens (primary N) is 1. The fraction of sp³-hybridized carbons (Fsp3) is 0.700. The minimum Gasteiger partial charge on any atom is -0.329 e. The van der Waals surface area contributed by atoms with E-state index in [2.05, 4.69) is 5.10 Å². The number of nitrogens with zero attached hydrogens (tertiary/aromatic N) is 3. The third-order valence-corrected chi connectivity index (χ3v) is 4.07. The van der Waals surface area contributed by atoms with Crippen molar-refractivity contribution >= 4 is 10.0 Å². The van der Waals surface area contributed by atoms with E-state index in [0.717, 1.165) is 0 Å². The van der Waals surface area contributed by atoms with Crippen LogP contribution in [0.3, 0.4) is 0 Å². The molecule has 98 valence electrons. The van der Waals surface area contributed by atoms with Crippen LogP contribution in [0.1, 0.15) is 13.8 Å². The van der Waals surface area contributed by atoms with Crippen molar-refractivity contribution < 1.29 is 8.42 Å². The Morgan fingerprint density at radius 2 is 2.18 bits per heavy atom. The van der Waals surface area contributed by atoms with E-state index in [1.165, 1.54) is 21.4 Å². The van der Waals surface area contributed by atoms with Crippen LogP contribution in [0.5, 0.6) is 0 Å². The molecule has 0 bridgehead atoms. The summed E-state index contributed by atoms with van der Waals surface area (Å²) in [4.78, 5) is 0.217. The molecule has 6 nitrogen and oxygen atoms in total. The monoisotopic (exact) mass is 260 g/mol. The predicted octanol–water partition coefficient (Wildman–Crippen LogP) is 0.118. The largest absolute Gasteiger partial charge is 0.329 e. The SMILES string of the molecule is CC(C)CN(C)S(=O)(=O)c1cnn(CCN)c1. The van der Waals surface area contributed by atoms with Crippen LogP contribution in [-0.4, -0.2) is 42.6 Å². The third-order valence-electron chi connectivity index (χ3n) is 2.30. The molecule has 0 unspecified atom stereocenters. The molecule has 0 aromatic carbocycles. The second kappa shape index (κ2) is 5.61. The summed E-state index contributed by atoms with van der Waals surface area (Å²) in [5.41, 5.74) is 5.38. The van der Waals surface area contributed by atoms with E-state index in [-0.39, 0.29) is 10.8 Å². The van der Waals surface area contributed by atoms with Gasteiger partial charge in [-0.1, -0.05) is 13.8 Å². The lowest BCUT2D eigenvalue weighted by atomic mass is 10.2. The number of hydrogen-bond donors (Lipinski definition) is 1. The van der Waals surface area contributed by atoms with Crippen LogP contribution in [-0.2, 0) is 16.6 Å². The van der Waals surface area contributed by atoms with Gasteiger partial charge in [-0.25, -0.2) is 12.7 Å². The Balaban J connectivity index is 2.88. The van der Waals surface area contributed by atoms with Crippen molar-refractivity contribution in [3.63, 3.8) is 0 Å². The van der Waals surface area contributed by atoms with Gasteiger partial charge in [0.05, 0.1) is 12.7 Å². The van der Waals surface area contributed by atoms with Gasteiger partial charge in [0.1, 0.15) is 4.90 Å². The van der Waals surface area contributed by atoms with Gasteiger partial charge in [0.25, 0.3) is 0 Å². The van der Waals surface area contributed by atoms with Crippen LogP contribution in [0.25, 0.3) is 0 Å². The van der Waals surface area contributed by atoms with E-state index in [4.69, 9.17) is 5.73 Å². The first-order chi connectivity index (χ1) is 7.87. The van der Waals surface area contributed by atoms with Gasteiger partial charge in [-0.2, -0.15) is 5.10 Å². The molecule has 7 heteroatoms. The van der Waals surface area contributed by atoms with E-state index < -0.39 is 10.0 Å². The lowest BCUT2D eigenvalue weighted by molar-refractivity contribution is 0.417.